The third-order valence-electron chi connectivity index (χ3n) is 5.54. The van der Waals surface area contributed by atoms with Crippen LogP contribution in [0.4, 0.5) is 0 Å². The van der Waals surface area contributed by atoms with Crippen molar-refractivity contribution in [1.82, 2.24) is 0 Å². The van der Waals surface area contributed by atoms with Gasteiger partial charge in [-0.25, -0.2) is 0 Å². The van der Waals surface area contributed by atoms with Crippen LogP contribution in [0.1, 0.15) is 30.9 Å². The number of hydrogen-bond donors (Lipinski definition) is 0. The van der Waals surface area contributed by atoms with Gasteiger partial charge in [-0.05, 0) is 29.9 Å². The molecule has 100 valence electrons. The van der Waals surface area contributed by atoms with Crippen molar-refractivity contribution >= 4 is 5.78 Å². The molecule has 1 nitrogen and oxygen atoms in total. The van der Waals surface area contributed by atoms with Gasteiger partial charge in [0.05, 0.1) is 5.41 Å². The quantitative estimate of drug-likeness (QED) is 0.800. The first-order valence-corrected chi connectivity index (χ1v) is 7.39. The second-order valence-corrected chi connectivity index (χ2v) is 6.25. The third kappa shape index (κ3) is 1.21. The summed E-state index contributed by atoms with van der Waals surface area (Å²) in [5.41, 5.74) is 1.88. The van der Waals surface area contributed by atoms with E-state index in [-0.39, 0.29) is 5.41 Å². The Labute approximate surface area is 119 Å². The van der Waals surface area contributed by atoms with Crippen LogP contribution in [0, 0.1) is 11.3 Å². The van der Waals surface area contributed by atoms with E-state index in [9.17, 15) is 4.79 Å². The molecule has 2 aliphatic rings. The predicted octanol–water partition coefficient (Wildman–Crippen LogP) is 3.97. The van der Waals surface area contributed by atoms with Crippen molar-refractivity contribution in [3.63, 3.8) is 0 Å². The first-order chi connectivity index (χ1) is 9.73. The lowest BCUT2D eigenvalue weighted by Gasteiger charge is -2.54. The molecule has 0 aliphatic heterocycles. The highest BCUT2D eigenvalue weighted by molar-refractivity contribution is 6.07. The number of rotatable bonds is 2. The Balaban J connectivity index is 1.94. The normalized spacial score (nSPS) is 25.2. The van der Waals surface area contributed by atoms with E-state index in [1.54, 1.807) is 0 Å². The number of benzene rings is 2. The highest BCUT2D eigenvalue weighted by Gasteiger charge is 2.74. The summed E-state index contributed by atoms with van der Waals surface area (Å²) in [6.45, 7) is 2.26. The van der Waals surface area contributed by atoms with Gasteiger partial charge in [0.1, 0.15) is 0 Å². The maximum absolute atomic E-state index is 13.1. The molecule has 4 rings (SSSR count). The molecule has 1 heteroatoms. The summed E-state index contributed by atoms with van der Waals surface area (Å²) in [6.07, 6.45) is 2.16. The first-order valence-electron chi connectivity index (χ1n) is 7.39. The summed E-state index contributed by atoms with van der Waals surface area (Å²) in [7, 11) is 0. The van der Waals surface area contributed by atoms with E-state index in [2.05, 4.69) is 31.2 Å². The largest absolute Gasteiger partial charge is 0.298 e. The van der Waals surface area contributed by atoms with Gasteiger partial charge >= 0.3 is 0 Å². The van der Waals surface area contributed by atoms with Crippen molar-refractivity contribution in [2.45, 2.75) is 25.2 Å². The second-order valence-electron chi connectivity index (χ2n) is 6.25. The van der Waals surface area contributed by atoms with E-state index in [4.69, 9.17) is 0 Å². The first kappa shape index (κ1) is 11.9. The summed E-state index contributed by atoms with van der Waals surface area (Å²) in [5, 5.41) is 0. The lowest BCUT2D eigenvalue weighted by Crippen LogP contribution is -2.62. The molecule has 0 radical (unpaired) electrons. The Bertz CT molecular complexity index is 613. The minimum absolute atomic E-state index is 0.00825. The van der Waals surface area contributed by atoms with Crippen LogP contribution in [0.2, 0.25) is 0 Å². The van der Waals surface area contributed by atoms with Gasteiger partial charge in [-0.1, -0.05) is 67.6 Å². The van der Waals surface area contributed by atoms with Gasteiger partial charge in [0.25, 0.3) is 0 Å². The molecule has 2 saturated carbocycles. The SMILES string of the molecule is CC1C2(CC2)C(=O)C1(c1ccccc1)c1ccccc1. The molecule has 0 N–H and O–H groups in total. The fraction of sp³-hybridized carbons (Fsp3) is 0.316. The van der Waals surface area contributed by atoms with Crippen LogP contribution in [0.15, 0.2) is 60.7 Å². The molecule has 1 unspecified atom stereocenters. The standard InChI is InChI=1S/C19H18O/c1-14-18(12-13-18)17(20)19(14,15-8-4-2-5-9-15)16-10-6-3-7-11-16/h2-11,14H,12-13H2,1H3. The fourth-order valence-electron chi connectivity index (χ4n) is 4.25. The van der Waals surface area contributed by atoms with Gasteiger partial charge in [-0.15, -0.1) is 0 Å². The molecule has 0 amide bonds. The molecule has 2 fully saturated rings. The molecule has 0 saturated heterocycles. The minimum atomic E-state index is -0.418. The summed E-state index contributed by atoms with van der Waals surface area (Å²) in [5.74, 6) is 0.835. The Morgan fingerprint density at radius 1 is 0.850 bits per heavy atom. The van der Waals surface area contributed by atoms with E-state index in [0.717, 1.165) is 24.0 Å². The van der Waals surface area contributed by atoms with Crippen LogP contribution >= 0.6 is 0 Å². The van der Waals surface area contributed by atoms with Gasteiger partial charge in [-0.3, -0.25) is 4.79 Å². The van der Waals surface area contributed by atoms with E-state index in [1.165, 1.54) is 0 Å². The zero-order chi connectivity index (χ0) is 13.8. The number of hydrogen-bond acceptors (Lipinski definition) is 1. The molecule has 0 heterocycles. The van der Waals surface area contributed by atoms with Crippen molar-refractivity contribution in [2.24, 2.45) is 11.3 Å². The predicted molar refractivity (Wildman–Crippen MR) is 79.5 cm³/mol. The molecule has 2 aliphatic carbocycles. The zero-order valence-corrected chi connectivity index (χ0v) is 11.7. The molecular weight excluding hydrogens is 244 g/mol. The summed E-state index contributed by atoms with van der Waals surface area (Å²) >= 11 is 0. The van der Waals surface area contributed by atoms with Crippen molar-refractivity contribution in [2.75, 3.05) is 0 Å². The van der Waals surface area contributed by atoms with E-state index in [1.807, 2.05) is 36.4 Å². The smallest absolute Gasteiger partial charge is 0.154 e. The van der Waals surface area contributed by atoms with Gasteiger partial charge in [0, 0.05) is 5.41 Å². The minimum Gasteiger partial charge on any atom is -0.298 e. The highest BCUT2D eigenvalue weighted by atomic mass is 16.1. The van der Waals surface area contributed by atoms with Gasteiger partial charge < -0.3 is 0 Å². The van der Waals surface area contributed by atoms with Gasteiger partial charge in [-0.2, -0.15) is 0 Å². The fourth-order valence-corrected chi connectivity index (χ4v) is 4.25. The van der Waals surface area contributed by atoms with Crippen LogP contribution in [-0.2, 0) is 10.2 Å². The van der Waals surface area contributed by atoms with E-state index < -0.39 is 5.41 Å². The zero-order valence-electron chi connectivity index (χ0n) is 11.7. The van der Waals surface area contributed by atoms with Crippen LogP contribution in [-0.4, -0.2) is 5.78 Å². The highest BCUT2D eigenvalue weighted by Crippen LogP contribution is 2.71. The number of carbonyl (C=O) groups is 1. The Morgan fingerprint density at radius 2 is 1.30 bits per heavy atom. The molecule has 1 atom stereocenters. The van der Waals surface area contributed by atoms with Gasteiger partial charge in [0.15, 0.2) is 5.78 Å². The van der Waals surface area contributed by atoms with Crippen molar-refractivity contribution in [3.8, 4) is 0 Å². The summed E-state index contributed by atoms with van der Waals surface area (Å²) in [6, 6.07) is 20.6. The average molecular weight is 262 g/mol. The van der Waals surface area contributed by atoms with Crippen molar-refractivity contribution in [3.05, 3.63) is 71.8 Å². The third-order valence-corrected chi connectivity index (χ3v) is 5.54. The molecule has 1 spiro atoms. The van der Waals surface area contributed by atoms with Crippen LogP contribution < -0.4 is 0 Å². The van der Waals surface area contributed by atoms with Crippen molar-refractivity contribution in [1.29, 1.82) is 0 Å². The molecular formula is C19H18O. The van der Waals surface area contributed by atoms with Crippen LogP contribution in [0.3, 0.4) is 0 Å². The van der Waals surface area contributed by atoms with Crippen LogP contribution in [0.5, 0.6) is 0 Å². The lowest BCUT2D eigenvalue weighted by molar-refractivity contribution is -0.146. The Hall–Kier alpha value is -1.89. The number of carbonyl (C=O) groups excluding carboxylic acids is 1. The second kappa shape index (κ2) is 3.82. The molecule has 2 aromatic carbocycles. The topological polar surface area (TPSA) is 17.1 Å². The number of ketones is 1. The average Bonchev–Trinajstić information content (AvgIpc) is 3.33. The van der Waals surface area contributed by atoms with E-state index >= 15 is 0 Å². The monoisotopic (exact) mass is 262 g/mol. The van der Waals surface area contributed by atoms with E-state index in [0.29, 0.717) is 11.7 Å². The molecule has 20 heavy (non-hydrogen) atoms. The summed E-state index contributed by atoms with van der Waals surface area (Å²) < 4.78 is 0. The molecule has 0 bridgehead atoms. The lowest BCUT2D eigenvalue weighted by atomic mass is 9.46. The maximum Gasteiger partial charge on any atom is 0.154 e. The molecule has 2 aromatic rings. The maximum atomic E-state index is 13.1. The Kier molecular flexibility index (Phi) is 2.27. The van der Waals surface area contributed by atoms with Crippen molar-refractivity contribution < 1.29 is 4.79 Å². The Morgan fingerprint density at radius 3 is 1.65 bits per heavy atom. The van der Waals surface area contributed by atoms with Gasteiger partial charge in [0.2, 0.25) is 0 Å². The van der Waals surface area contributed by atoms with Crippen LogP contribution in [0.25, 0.3) is 0 Å². The molecule has 0 aromatic heterocycles. The summed E-state index contributed by atoms with van der Waals surface area (Å²) in [4.78, 5) is 13.1. The number of Topliss-reactive ketones (excluding diaryl/α,β-unsaturated/α-hetero) is 1.